The molecule has 0 radical (unpaired) electrons. The van der Waals surface area contributed by atoms with Crippen LogP contribution in [0.2, 0.25) is 0 Å². The summed E-state index contributed by atoms with van der Waals surface area (Å²) in [5, 5.41) is 11.7. The molecular formula is C10H17NO3S. The maximum absolute atomic E-state index is 10.5. The molecule has 2 rings (SSSR count). The normalized spacial score (nSPS) is 35.9. The third-order valence-electron chi connectivity index (χ3n) is 3.10. The monoisotopic (exact) mass is 231 g/mol. The van der Waals surface area contributed by atoms with Crippen molar-refractivity contribution in [1.82, 2.24) is 5.32 Å². The minimum absolute atomic E-state index is 0.0408. The molecule has 0 bridgehead atoms. The Hall–Kier alpha value is -0.260. The topological polar surface area (TPSA) is 58.6 Å². The summed E-state index contributed by atoms with van der Waals surface area (Å²) in [7, 11) is 0. The molecule has 2 aliphatic rings. The van der Waals surface area contributed by atoms with Gasteiger partial charge in [0.05, 0.1) is 12.1 Å². The van der Waals surface area contributed by atoms with Gasteiger partial charge in [0.1, 0.15) is 0 Å². The van der Waals surface area contributed by atoms with E-state index in [2.05, 4.69) is 5.32 Å². The van der Waals surface area contributed by atoms with Crippen molar-refractivity contribution in [1.29, 1.82) is 0 Å². The van der Waals surface area contributed by atoms with Crippen LogP contribution in [0.25, 0.3) is 0 Å². The lowest BCUT2D eigenvalue weighted by molar-refractivity contribution is -0.136. The zero-order valence-corrected chi connectivity index (χ0v) is 9.52. The molecule has 5 heteroatoms. The standard InChI is InChI=1S/C10H17NO3S/c12-9(13)6-11-8-1-3-14-10(5-8)2-4-15-7-10/h8,11H,1-7H2,(H,12,13). The van der Waals surface area contributed by atoms with Crippen LogP contribution in [0.5, 0.6) is 0 Å². The van der Waals surface area contributed by atoms with Crippen molar-refractivity contribution in [2.45, 2.75) is 30.9 Å². The highest BCUT2D eigenvalue weighted by Gasteiger charge is 2.40. The second kappa shape index (κ2) is 4.72. The predicted octanol–water partition coefficient (Wildman–Crippen LogP) is 0.715. The van der Waals surface area contributed by atoms with Gasteiger partial charge in [0.2, 0.25) is 0 Å². The van der Waals surface area contributed by atoms with Crippen LogP contribution in [0.1, 0.15) is 19.3 Å². The largest absolute Gasteiger partial charge is 0.480 e. The van der Waals surface area contributed by atoms with Crippen molar-refractivity contribution < 1.29 is 14.6 Å². The van der Waals surface area contributed by atoms with Crippen molar-refractivity contribution in [2.24, 2.45) is 0 Å². The molecule has 86 valence electrons. The molecule has 2 aliphatic heterocycles. The van der Waals surface area contributed by atoms with E-state index in [-0.39, 0.29) is 12.1 Å². The van der Waals surface area contributed by atoms with E-state index in [1.807, 2.05) is 11.8 Å². The molecule has 0 aromatic heterocycles. The summed E-state index contributed by atoms with van der Waals surface area (Å²) < 4.78 is 5.86. The van der Waals surface area contributed by atoms with Gasteiger partial charge in [0.15, 0.2) is 0 Å². The number of nitrogens with one attached hydrogen (secondary N) is 1. The summed E-state index contributed by atoms with van der Waals surface area (Å²) in [6, 6.07) is 0.313. The Balaban J connectivity index is 1.84. The third-order valence-corrected chi connectivity index (χ3v) is 4.33. The fourth-order valence-corrected chi connectivity index (χ4v) is 3.68. The van der Waals surface area contributed by atoms with E-state index < -0.39 is 5.97 Å². The summed E-state index contributed by atoms with van der Waals surface area (Å²) in [5.74, 6) is 1.46. The van der Waals surface area contributed by atoms with E-state index in [1.54, 1.807) is 0 Å². The maximum atomic E-state index is 10.5. The first-order valence-electron chi connectivity index (χ1n) is 5.37. The van der Waals surface area contributed by atoms with E-state index in [9.17, 15) is 4.79 Å². The number of carboxylic acid groups (broad SMARTS) is 1. The lowest BCUT2D eigenvalue weighted by Crippen LogP contribution is -2.48. The van der Waals surface area contributed by atoms with Gasteiger partial charge in [-0.3, -0.25) is 4.79 Å². The predicted molar refractivity (Wildman–Crippen MR) is 59.3 cm³/mol. The lowest BCUT2D eigenvalue weighted by atomic mass is 9.90. The van der Waals surface area contributed by atoms with Crippen molar-refractivity contribution in [3.8, 4) is 0 Å². The molecule has 2 saturated heterocycles. The van der Waals surface area contributed by atoms with E-state index >= 15 is 0 Å². The Kier molecular flexibility index (Phi) is 3.53. The smallest absolute Gasteiger partial charge is 0.317 e. The van der Waals surface area contributed by atoms with E-state index in [1.165, 1.54) is 5.75 Å². The van der Waals surface area contributed by atoms with Gasteiger partial charge in [0, 0.05) is 18.4 Å². The van der Waals surface area contributed by atoms with E-state index in [4.69, 9.17) is 9.84 Å². The Morgan fingerprint density at radius 3 is 3.20 bits per heavy atom. The number of aliphatic carboxylic acids is 1. The number of ether oxygens (including phenoxy) is 1. The molecule has 2 N–H and O–H groups in total. The summed E-state index contributed by atoms with van der Waals surface area (Å²) in [5.41, 5.74) is 0.0408. The molecule has 0 aliphatic carbocycles. The number of hydrogen-bond acceptors (Lipinski definition) is 4. The lowest BCUT2D eigenvalue weighted by Gasteiger charge is -2.37. The molecule has 0 aromatic rings. The van der Waals surface area contributed by atoms with Crippen LogP contribution in [0.15, 0.2) is 0 Å². The number of thioether (sulfide) groups is 1. The van der Waals surface area contributed by atoms with Gasteiger partial charge in [0.25, 0.3) is 0 Å². The third kappa shape index (κ3) is 2.86. The Labute approximate surface area is 93.8 Å². The maximum Gasteiger partial charge on any atom is 0.317 e. The van der Waals surface area contributed by atoms with Gasteiger partial charge >= 0.3 is 5.97 Å². The fourth-order valence-electron chi connectivity index (χ4n) is 2.30. The first kappa shape index (κ1) is 11.2. The molecule has 2 fully saturated rings. The van der Waals surface area contributed by atoms with E-state index in [0.717, 1.165) is 31.6 Å². The highest BCUT2D eigenvalue weighted by atomic mass is 32.2. The number of rotatable bonds is 3. The minimum atomic E-state index is -0.781. The minimum Gasteiger partial charge on any atom is -0.480 e. The van der Waals surface area contributed by atoms with Crippen LogP contribution in [-0.4, -0.2) is 47.4 Å². The van der Waals surface area contributed by atoms with Crippen molar-refractivity contribution >= 4 is 17.7 Å². The molecule has 15 heavy (non-hydrogen) atoms. The van der Waals surface area contributed by atoms with Crippen LogP contribution in [0, 0.1) is 0 Å². The molecule has 2 unspecified atom stereocenters. The van der Waals surface area contributed by atoms with Crippen LogP contribution >= 0.6 is 11.8 Å². The van der Waals surface area contributed by atoms with Crippen LogP contribution in [0.3, 0.4) is 0 Å². The van der Waals surface area contributed by atoms with Crippen molar-refractivity contribution in [3.05, 3.63) is 0 Å². The zero-order chi connectivity index (χ0) is 10.7. The highest BCUT2D eigenvalue weighted by Crippen LogP contribution is 2.38. The van der Waals surface area contributed by atoms with Gasteiger partial charge in [-0.05, 0) is 25.0 Å². The molecule has 0 saturated carbocycles. The first-order valence-corrected chi connectivity index (χ1v) is 6.53. The SMILES string of the molecule is O=C(O)CNC1CCOC2(CCSC2)C1. The first-order chi connectivity index (χ1) is 7.20. The van der Waals surface area contributed by atoms with Crippen LogP contribution in [-0.2, 0) is 9.53 Å². The van der Waals surface area contributed by atoms with Gasteiger partial charge < -0.3 is 15.2 Å². The number of hydrogen-bond donors (Lipinski definition) is 2. The zero-order valence-electron chi connectivity index (χ0n) is 8.70. The summed E-state index contributed by atoms with van der Waals surface area (Å²) in [6.45, 7) is 0.825. The molecule has 0 amide bonds. The van der Waals surface area contributed by atoms with Gasteiger partial charge in [-0.1, -0.05) is 0 Å². The van der Waals surface area contributed by atoms with Crippen LogP contribution in [0.4, 0.5) is 0 Å². The highest BCUT2D eigenvalue weighted by molar-refractivity contribution is 7.99. The Morgan fingerprint density at radius 1 is 1.67 bits per heavy atom. The van der Waals surface area contributed by atoms with Gasteiger partial charge in [-0.25, -0.2) is 0 Å². The van der Waals surface area contributed by atoms with Crippen LogP contribution < -0.4 is 5.32 Å². The molecule has 0 aromatic carbocycles. The summed E-state index contributed by atoms with van der Waals surface area (Å²) in [4.78, 5) is 10.5. The second-order valence-corrected chi connectivity index (χ2v) is 5.40. The quantitative estimate of drug-likeness (QED) is 0.749. The molecule has 1 spiro atoms. The van der Waals surface area contributed by atoms with Crippen molar-refractivity contribution in [3.63, 3.8) is 0 Å². The summed E-state index contributed by atoms with van der Waals surface area (Å²) in [6.07, 6.45) is 3.01. The second-order valence-electron chi connectivity index (χ2n) is 4.30. The molecular weight excluding hydrogens is 214 g/mol. The van der Waals surface area contributed by atoms with E-state index in [0.29, 0.717) is 6.04 Å². The summed E-state index contributed by atoms with van der Waals surface area (Å²) >= 11 is 1.94. The fraction of sp³-hybridized carbons (Fsp3) is 0.900. The number of carboxylic acids is 1. The molecule has 2 heterocycles. The molecule has 4 nitrogen and oxygen atoms in total. The van der Waals surface area contributed by atoms with Crippen molar-refractivity contribution in [2.75, 3.05) is 24.7 Å². The Morgan fingerprint density at radius 2 is 2.53 bits per heavy atom. The van der Waals surface area contributed by atoms with Gasteiger partial charge in [-0.2, -0.15) is 11.8 Å². The molecule has 2 atom stereocenters. The average Bonchev–Trinajstić information content (AvgIpc) is 2.63. The van der Waals surface area contributed by atoms with Gasteiger partial charge in [-0.15, -0.1) is 0 Å². The average molecular weight is 231 g/mol. The number of carbonyl (C=O) groups is 1. The Bertz CT molecular complexity index is 241.